The fourth-order valence-corrected chi connectivity index (χ4v) is 3.21. The monoisotopic (exact) mass is 348 g/mol. The molecule has 6 nitrogen and oxygen atoms in total. The van der Waals surface area contributed by atoms with Crippen molar-refractivity contribution in [1.29, 1.82) is 0 Å². The van der Waals surface area contributed by atoms with Gasteiger partial charge in [-0.25, -0.2) is 0 Å². The van der Waals surface area contributed by atoms with Crippen LogP contribution in [0, 0.1) is 0 Å². The van der Waals surface area contributed by atoms with E-state index in [0.717, 1.165) is 5.69 Å². The molecule has 0 radical (unpaired) electrons. The summed E-state index contributed by atoms with van der Waals surface area (Å²) < 4.78 is 2.00. The summed E-state index contributed by atoms with van der Waals surface area (Å²) in [5.41, 5.74) is 2.28. The van der Waals surface area contributed by atoms with Gasteiger partial charge in [0.25, 0.3) is 11.8 Å². The number of nitrogens with zero attached hydrogens (tertiary/aromatic N) is 3. The minimum Gasteiger partial charge on any atom is -0.357 e. The first-order valence-electron chi connectivity index (χ1n) is 8.68. The molecule has 2 aromatic heterocycles. The van der Waals surface area contributed by atoms with E-state index in [-0.39, 0.29) is 11.8 Å². The fourth-order valence-electron chi connectivity index (χ4n) is 3.21. The molecule has 1 fully saturated rings. The van der Waals surface area contributed by atoms with Crippen molar-refractivity contribution < 1.29 is 9.59 Å². The van der Waals surface area contributed by atoms with Gasteiger partial charge in [0.1, 0.15) is 5.69 Å². The van der Waals surface area contributed by atoms with E-state index >= 15 is 0 Å². The van der Waals surface area contributed by atoms with E-state index in [2.05, 4.69) is 4.98 Å². The summed E-state index contributed by atoms with van der Waals surface area (Å²) in [6.07, 6.45) is 5.68. The van der Waals surface area contributed by atoms with Gasteiger partial charge in [-0.05, 0) is 48.5 Å². The van der Waals surface area contributed by atoms with Crippen molar-refractivity contribution in [3.05, 3.63) is 78.4 Å². The molecule has 0 atom stereocenters. The van der Waals surface area contributed by atoms with E-state index in [0.29, 0.717) is 37.4 Å². The number of nitrogens with one attached hydrogen (secondary N) is 1. The van der Waals surface area contributed by atoms with Crippen molar-refractivity contribution in [2.45, 2.75) is 0 Å². The van der Waals surface area contributed by atoms with Crippen molar-refractivity contribution in [1.82, 2.24) is 19.4 Å². The molecule has 0 unspecified atom stereocenters. The quantitative estimate of drug-likeness (QED) is 0.790. The highest BCUT2D eigenvalue weighted by atomic mass is 16.2. The maximum atomic E-state index is 12.7. The molecule has 0 saturated carbocycles. The summed E-state index contributed by atoms with van der Waals surface area (Å²) in [5, 5.41) is 0. The molecule has 132 valence electrons. The number of H-pyrrole nitrogens is 1. The molecule has 3 heterocycles. The molecule has 0 aliphatic carbocycles. The van der Waals surface area contributed by atoms with Gasteiger partial charge in [-0.1, -0.05) is 0 Å². The van der Waals surface area contributed by atoms with Crippen LogP contribution >= 0.6 is 0 Å². The number of benzene rings is 1. The number of hydrogen-bond donors (Lipinski definition) is 1. The second kappa shape index (κ2) is 6.92. The van der Waals surface area contributed by atoms with Crippen LogP contribution in [0.3, 0.4) is 0 Å². The molecule has 0 bridgehead atoms. The second-order valence-corrected chi connectivity index (χ2v) is 6.31. The van der Waals surface area contributed by atoms with Gasteiger partial charge in [0.05, 0.1) is 0 Å². The lowest BCUT2D eigenvalue weighted by molar-refractivity contribution is 0.0532. The Bertz CT molecular complexity index is 875. The molecule has 1 aliphatic rings. The van der Waals surface area contributed by atoms with Gasteiger partial charge in [0.2, 0.25) is 0 Å². The van der Waals surface area contributed by atoms with Gasteiger partial charge in [0.15, 0.2) is 0 Å². The number of carbonyl (C=O) groups excluding carboxylic acids is 2. The van der Waals surface area contributed by atoms with Crippen LogP contribution < -0.4 is 0 Å². The number of hydrogen-bond acceptors (Lipinski definition) is 2. The van der Waals surface area contributed by atoms with Gasteiger partial charge in [0, 0.05) is 56.0 Å². The van der Waals surface area contributed by atoms with Crippen molar-refractivity contribution in [3.63, 3.8) is 0 Å². The zero-order valence-corrected chi connectivity index (χ0v) is 14.3. The standard InChI is InChI=1S/C20H20N4O2/c25-19(16-5-7-17(8-6-16)22-10-1-2-11-22)23-12-14-24(15-13-23)20(26)18-4-3-9-21-18/h1-11,21H,12-15H2. The highest BCUT2D eigenvalue weighted by Gasteiger charge is 2.25. The maximum Gasteiger partial charge on any atom is 0.270 e. The molecule has 1 aliphatic heterocycles. The lowest BCUT2D eigenvalue weighted by Gasteiger charge is -2.34. The van der Waals surface area contributed by atoms with E-state index in [1.54, 1.807) is 17.2 Å². The van der Waals surface area contributed by atoms with E-state index < -0.39 is 0 Å². The van der Waals surface area contributed by atoms with E-state index in [4.69, 9.17) is 0 Å². The summed E-state index contributed by atoms with van der Waals surface area (Å²) in [6.45, 7) is 2.19. The van der Waals surface area contributed by atoms with Gasteiger partial charge in [-0.2, -0.15) is 0 Å². The number of amides is 2. The van der Waals surface area contributed by atoms with Crippen molar-refractivity contribution in [2.75, 3.05) is 26.2 Å². The smallest absolute Gasteiger partial charge is 0.270 e. The Morgan fingerprint density at radius 1 is 0.769 bits per heavy atom. The molecule has 0 spiro atoms. The van der Waals surface area contributed by atoms with Gasteiger partial charge < -0.3 is 19.4 Å². The summed E-state index contributed by atoms with van der Waals surface area (Å²) in [6, 6.07) is 15.1. The molecule has 1 aromatic carbocycles. The first-order valence-corrected chi connectivity index (χ1v) is 8.68. The maximum absolute atomic E-state index is 12.7. The molecule has 2 amide bonds. The zero-order chi connectivity index (χ0) is 17.9. The first kappa shape index (κ1) is 16.2. The number of rotatable bonds is 3. The van der Waals surface area contributed by atoms with Crippen LogP contribution in [-0.2, 0) is 0 Å². The number of aromatic amines is 1. The van der Waals surface area contributed by atoms with Gasteiger partial charge >= 0.3 is 0 Å². The number of piperazine rings is 1. The lowest BCUT2D eigenvalue weighted by Crippen LogP contribution is -2.50. The van der Waals surface area contributed by atoms with Crippen LogP contribution in [0.5, 0.6) is 0 Å². The molecule has 3 aromatic rings. The summed E-state index contributed by atoms with van der Waals surface area (Å²) in [7, 11) is 0. The van der Waals surface area contributed by atoms with Gasteiger partial charge in [-0.15, -0.1) is 0 Å². The molecule has 1 N–H and O–H groups in total. The second-order valence-electron chi connectivity index (χ2n) is 6.31. The Labute approximate surface area is 151 Å². The van der Waals surface area contributed by atoms with Crippen LogP contribution in [0.2, 0.25) is 0 Å². The molecule has 6 heteroatoms. The van der Waals surface area contributed by atoms with Crippen LogP contribution in [0.15, 0.2) is 67.1 Å². The van der Waals surface area contributed by atoms with Crippen molar-refractivity contribution in [3.8, 4) is 5.69 Å². The highest BCUT2D eigenvalue weighted by Crippen LogP contribution is 2.14. The van der Waals surface area contributed by atoms with Crippen LogP contribution in [-0.4, -0.2) is 57.3 Å². The van der Waals surface area contributed by atoms with Crippen LogP contribution in [0.25, 0.3) is 5.69 Å². The van der Waals surface area contributed by atoms with E-state index in [1.807, 2.05) is 64.3 Å². The zero-order valence-electron chi connectivity index (χ0n) is 14.3. The fraction of sp³-hybridized carbons (Fsp3) is 0.200. The Kier molecular flexibility index (Phi) is 4.31. The van der Waals surface area contributed by atoms with E-state index in [1.165, 1.54) is 0 Å². The average Bonchev–Trinajstić information content (AvgIpc) is 3.41. The highest BCUT2D eigenvalue weighted by molar-refractivity contribution is 5.95. The SMILES string of the molecule is O=C(c1ccc(-n2cccc2)cc1)N1CCN(C(=O)c2ccc[nH]2)CC1. The summed E-state index contributed by atoms with van der Waals surface area (Å²) >= 11 is 0. The summed E-state index contributed by atoms with van der Waals surface area (Å²) in [4.78, 5) is 31.6. The Morgan fingerprint density at radius 2 is 1.38 bits per heavy atom. The molecular formula is C20H20N4O2. The minimum absolute atomic E-state index is 0.0102. The lowest BCUT2D eigenvalue weighted by atomic mass is 10.1. The summed E-state index contributed by atoms with van der Waals surface area (Å²) in [5.74, 6) is -0.00537. The largest absolute Gasteiger partial charge is 0.357 e. The topological polar surface area (TPSA) is 61.3 Å². The third-order valence-corrected chi connectivity index (χ3v) is 4.70. The predicted molar refractivity (Wildman–Crippen MR) is 98.4 cm³/mol. The molecule has 4 rings (SSSR count). The van der Waals surface area contributed by atoms with Gasteiger partial charge in [-0.3, -0.25) is 9.59 Å². The van der Waals surface area contributed by atoms with E-state index in [9.17, 15) is 9.59 Å². The Balaban J connectivity index is 1.38. The Morgan fingerprint density at radius 3 is 1.96 bits per heavy atom. The third kappa shape index (κ3) is 3.13. The molecule has 26 heavy (non-hydrogen) atoms. The van der Waals surface area contributed by atoms with Crippen molar-refractivity contribution >= 4 is 11.8 Å². The number of carbonyl (C=O) groups is 2. The molecular weight excluding hydrogens is 328 g/mol. The predicted octanol–water partition coefficient (Wildman–Crippen LogP) is 2.40. The first-order chi connectivity index (χ1) is 12.7. The minimum atomic E-state index is -0.0156. The van der Waals surface area contributed by atoms with Crippen LogP contribution in [0.1, 0.15) is 20.8 Å². The van der Waals surface area contributed by atoms with Crippen molar-refractivity contribution in [2.24, 2.45) is 0 Å². The average molecular weight is 348 g/mol. The van der Waals surface area contributed by atoms with Crippen LogP contribution in [0.4, 0.5) is 0 Å². The number of aromatic nitrogens is 2. The third-order valence-electron chi connectivity index (χ3n) is 4.70. The Hall–Kier alpha value is -3.28. The molecule has 1 saturated heterocycles. The normalized spacial score (nSPS) is 14.5.